The van der Waals surface area contributed by atoms with Crippen LogP contribution in [0.1, 0.15) is 87.5 Å². The Labute approximate surface area is 241 Å². The van der Waals surface area contributed by atoms with Crippen molar-refractivity contribution in [3.63, 3.8) is 0 Å². The number of halogens is 2. The lowest BCUT2D eigenvalue weighted by Gasteiger charge is -2.31. The number of aromatic nitrogens is 2. The Balaban J connectivity index is 1.60. The lowest BCUT2D eigenvalue weighted by Crippen LogP contribution is -2.41. The van der Waals surface area contributed by atoms with Gasteiger partial charge in [0.25, 0.3) is 0 Å². The van der Waals surface area contributed by atoms with E-state index < -0.39 is 11.9 Å². The number of benzene rings is 2. The Morgan fingerprint density at radius 1 is 1.00 bits per heavy atom. The van der Waals surface area contributed by atoms with Gasteiger partial charge in [-0.05, 0) is 60.9 Å². The van der Waals surface area contributed by atoms with Gasteiger partial charge in [0, 0.05) is 31.1 Å². The minimum atomic E-state index is -0.729. The van der Waals surface area contributed by atoms with Gasteiger partial charge < -0.3 is 19.4 Å². The molecule has 8 heteroatoms. The van der Waals surface area contributed by atoms with Crippen LogP contribution < -0.4 is 10.1 Å². The molecule has 0 radical (unpaired) electrons. The third kappa shape index (κ3) is 6.06. The van der Waals surface area contributed by atoms with E-state index in [4.69, 9.17) is 21.1 Å². The number of rotatable bonds is 9. The lowest BCUT2D eigenvalue weighted by atomic mass is 9.81. The van der Waals surface area contributed by atoms with Gasteiger partial charge >= 0.3 is 0 Å². The zero-order chi connectivity index (χ0) is 28.1. The summed E-state index contributed by atoms with van der Waals surface area (Å²) in [5, 5.41) is 3.28. The topological polar surface area (TPSA) is 65.4 Å². The molecule has 0 saturated heterocycles. The maximum Gasteiger partial charge on any atom is 0.247 e. The number of nitrogens with zero attached hydrogens (tertiary/aromatic N) is 2. The molecule has 2 aliphatic carbocycles. The van der Waals surface area contributed by atoms with Gasteiger partial charge in [-0.2, -0.15) is 0 Å². The van der Waals surface area contributed by atoms with Crippen LogP contribution in [0.5, 0.6) is 5.75 Å². The molecule has 2 saturated carbocycles. The van der Waals surface area contributed by atoms with Gasteiger partial charge in [0.05, 0.1) is 18.2 Å². The molecule has 6 nitrogen and oxygen atoms in total. The first kappa shape index (κ1) is 28.6. The number of imidazole rings is 1. The molecular formula is C32H39ClFN3O3. The SMILES string of the molecule is COc1ccc(C(C(=O)NC2CCCCC2)n2ccnc2-c2c(C(OC)C3CCCCC3)ccc(F)c2Cl)cc1. The van der Waals surface area contributed by atoms with E-state index in [1.165, 1.54) is 18.9 Å². The van der Waals surface area contributed by atoms with Gasteiger partial charge in [-0.1, -0.05) is 68.3 Å². The molecular weight excluding hydrogens is 529 g/mol. The summed E-state index contributed by atoms with van der Waals surface area (Å²) in [5.74, 6) is 0.792. The van der Waals surface area contributed by atoms with Gasteiger partial charge in [-0.15, -0.1) is 0 Å². The van der Waals surface area contributed by atoms with Crippen LogP contribution in [0.25, 0.3) is 11.4 Å². The largest absolute Gasteiger partial charge is 0.497 e. The molecule has 1 heterocycles. The average Bonchev–Trinajstić information content (AvgIpc) is 3.45. The molecule has 40 heavy (non-hydrogen) atoms. The lowest BCUT2D eigenvalue weighted by molar-refractivity contribution is -0.124. The number of carbonyl (C=O) groups excluding carboxylic acids is 1. The molecule has 2 aromatic carbocycles. The van der Waals surface area contributed by atoms with Crippen molar-refractivity contribution < 1.29 is 18.7 Å². The first-order valence-corrected chi connectivity index (χ1v) is 14.9. The van der Waals surface area contributed by atoms with Crippen molar-refractivity contribution in [2.24, 2.45) is 5.92 Å². The number of nitrogens with one attached hydrogen (secondary N) is 1. The fraction of sp³-hybridized carbons (Fsp3) is 0.500. The van der Waals surface area contributed by atoms with Crippen molar-refractivity contribution in [2.45, 2.75) is 82.4 Å². The standard InChI is InChI=1S/C32H39ClFN3O3/c1-39-24-15-13-21(14-16-24)29(32(38)36-23-11-7-4-8-12-23)37-20-19-35-31(37)27-25(17-18-26(34)28(27)33)30(40-2)22-9-5-3-6-10-22/h13-20,22-23,29-30H,3-12H2,1-2H3,(H,36,38). The smallest absolute Gasteiger partial charge is 0.247 e. The molecule has 0 aliphatic heterocycles. The van der Waals surface area contributed by atoms with Crippen LogP contribution in [0.15, 0.2) is 48.8 Å². The molecule has 0 spiro atoms. The Morgan fingerprint density at radius 3 is 2.33 bits per heavy atom. The third-order valence-corrected chi connectivity index (χ3v) is 8.94. The first-order valence-electron chi connectivity index (χ1n) is 14.5. The Kier molecular flexibility index (Phi) is 9.43. The number of ether oxygens (including phenoxy) is 2. The summed E-state index contributed by atoms with van der Waals surface area (Å²) >= 11 is 6.73. The zero-order valence-electron chi connectivity index (χ0n) is 23.4. The maximum atomic E-state index is 15.1. The molecule has 1 amide bonds. The van der Waals surface area contributed by atoms with Gasteiger partial charge in [0.2, 0.25) is 5.91 Å². The Bertz CT molecular complexity index is 1280. The highest BCUT2D eigenvalue weighted by Crippen LogP contribution is 2.44. The van der Waals surface area contributed by atoms with Gasteiger partial charge in [0.15, 0.2) is 0 Å². The van der Waals surface area contributed by atoms with Gasteiger partial charge in [-0.25, -0.2) is 9.37 Å². The minimum absolute atomic E-state index is 0.0102. The highest BCUT2D eigenvalue weighted by Gasteiger charge is 2.33. The molecule has 3 aromatic rings. The second-order valence-electron chi connectivity index (χ2n) is 11.1. The summed E-state index contributed by atoms with van der Waals surface area (Å²) < 4.78 is 28.3. The van der Waals surface area contributed by atoms with Crippen molar-refractivity contribution in [3.8, 4) is 17.1 Å². The van der Waals surface area contributed by atoms with Crippen LogP contribution in [-0.4, -0.2) is 35.7 Å². The Hall–Kier alpha value is -2.90. The van der Waals surface area contributed by atoms with Gasteiger partial charge in [0.1, 0.15) is 23.4 Å². The molecule has 1 N–H and O–H groups in total. The van der Waals surface area contributed by atoms with Gasteiger partial charge in [-0.3, -0.25) is 4.79 Å². The molecule has 2 aliphatic rings. The van der Waals surface area contributed by atoms with E-state index in [0.29, 0.717) is 23.1 Å². The van der Waals surface area contributed by atoms with Crippen molar-refractivity contribution in [3.05, 3.63) is 70.8 Å². The number of amides is 1. The van der Waals surface area contributed by atoms with Crippen LogP contribution in [-0.2, 0) is 9.53 Å². The monoisotopic (exact) mass is 567 g/mol. The molecule has 214 valence electrons. The second-order valence-corrected chi connectivity index (χ2v) is 11.4. The van der Waals surface area contributed by atoms with Crippen LogP contribution in [0, 0.1) is 11.7 Å². The van der Waals surface area contributed by atoms with E-state index in [9.17, 15) is 4.79 Å². The third-order valence-electron chi connectivity index (χ3n) is 8.57. The highest BCUT2D eigenvalue weighted by molar-refractivity contribution is 6.33. The molecule has 1 aromatic heterocycles. The highest BCUT2D eigenvalue weighted by atomic mass is 35.5. The predicted octanol–water partition coefficient (Wildman–Crippen LogP) is 7.66. The van der Waals surface area contributed by atoms with Crippen LogP contribution in [0.4, 0.5) is 4.39 Å². The number of hydrogen-bond acceptors (Lipinski definition) is 4. The number of methoxy groups -OCH3 is 2. The van der Waals surface area contributed by atoms with E-state index in [1.54, 1.807) is 32.7 Å². The molecule has 2 atom stereocenters. The van der Waals surface area contributed by atoms with E-state index in [1.807, 2.05) is 28.8 Å². The fourth-order valence-corrected chi connectivity index (χ4v) is 6.76. The van der Waals surface area contributed by atoms with E-state index in [-0.39, 0.29) is 23.1 Å². The summed E-state index contributed by atoms with van der Waals surface area (Å²) in [7, 11) is 3.31. The number of hydrogen-bond donors (Lipinski definition) is 1. The van der Waals surface area contributed by atoms with Crippen molar-refractivity contribution in [2.75, 3.05) is 14.2 Å². The molecule has 5 rings (SSSR count). The second kappa shape index (κ2) is 13.2. The summed E-state index contributed by atoms with van der Waals surface area (Å²) in [6, 6.07) is 10.0. The average molecular weight is 568 g/mol. The first-order chi connectivity index (χ1) is 19.5. The predicted molar refractivity (Wildman–Crippen MR) is 155 cm³/mol. The molecule has 0 bridgehead atoms. The Morgan fingerprint density at radius 2 is 1.68 bits per heavy atom. The van der Waals surface area contributed by atoms with Crippen LogP contribution >= 0.6 is 11.6 Å². The van der Waals surface area contributed by atoms with Crippen LogP contribution in [0.2, 0.25) is 5.02 Å². The summed E-state index contributed by atoms with van der Waals surface area (Å²) in [6.45, 7) is 0. The number of carbonyl (C=O) groups is 1. The molecule has 2 fully saturated rings. The fourth-order valence-electron chi connectivity index (χ4n) is 6.51. The normalized spacial score (nSPS) is 18.3. The van der Waals surface area contributed by atoms with Crippen molar-refractivity contribution in [1.29, 1.82) is 0 Å². The molecule has 2 unspecified atom stereocenters. The quantitative estimate of drug-likeness (QED) is 0.288. The summed E-state index contributed by atoms with van der Waals surface area (Å²) in [5.41, 5.74) is 2.06. The van der Waals surface area contributed by atoms with Crippen LogP contribution in [0.3, 0.4) is 0 Å². The summed E-state index contributed by atoms with van der Waals surface area (Å²) in [4.78, 5) is 18.7. The van der Waals surface area contributed by atoms with E-state index in [0.717, 1.165) is 62.5 Å². The minimum Gasteiger partial charge on any atom is -0.497 e. The van der Waals surface area contributed by atoms with E-state index >= 15 is 4.39 Å². The maximum absolute atomic E-state index is 15.1. The van der Waals surface area contributed by atoms with E-state index in [2.05, 4.69) is 10.3 Å². The van der Waals surface area contributed by atoms with Crippen molar-refractivity contribution in [1.82, 2.24) is 14.9 Å². The zero-order valence-corrected chi connectivity index (χ0v) is 24.1. The van der Waals surface area contributed by atoms with Crippen molar-refractivity contribution >= 4 is 17.5 Å². The summed E-state index contributed by atoms with van der Waals surface area (Å²) in [6.07, 6.45) is 14.1.